The summed E-state index contributed by atoms with van der Waals surface area (Å²) < 4.78 is 37.4. The first-order valence-corrected chi connectivity index (χ1v) is 5.09. The molecule has 1 atom stereocenters. The molecule has 5 heteroatoms. The summed E-state index contributed by atoms with van der Waals surface area (Å²) in [7, 11) is 0. The largest absolute Gasteiger partial charge is 0.393 e. The topological polar surface area (TPSA) is 15.3 Å². The minimum absolute atomic E-state index is 0.204. The summed E-state index contributed by atoms with van der Waals surface area (Å²) in [6.45, 7) is 2.74. The van der Waals surface area contributed by atoms with E-state index in [9.17, 15) is 13.2 Å². The van der Waals surface area contributed by atoms with Crippen LogP contribution >= 0.6 is 0 Å². The molecule has 2 fully saturated rings. The van der Waals surface area contributed by atoms with E-state index in [0.717, 1.165) is 19.6 Å². The fourth-order valence-corrected chi connectivity index (χ4v) is 2.14. The van der Waals surface area contributed by atoms with Crippen LogP contribution in [0.25, 0.3) is 0 Å². The molecule has 0 saturated carbocycles. The molecule has 0 bridgehead atoms. The molecular formula is C9H15F3N2. The highest BCUT2D eigenvalue weighted by Gasteiger charge is 2.43. The van der Waals surface area contributed by atoms with E-state index in [0.29, 0.717) is 18.9 Å². The highest BCUT2D eigenvalue weighted by molar-refractivity contribution is 4.89. The maximum atomic E-state index is 12.5. The maximum Gasteiger partial charge on any atom is 0.393 e. The van der Waals surface area contributed by atoms with Gasteiger partial charge in [-0.1, -0.05) is 0 Å². The normalized spacial score (nSPS) is 31.5. The molecule has 2 nitrogen and oxygen atoms in total. The molecule has 0 aliphatic carbocycles. The van der Waals surface area contributed by atoms with Crippen LogP contribution in [0.3, 0.4) is 0 Å². The van der Waals surface area contributed by atoms with E-state index >= 15 is 0 Å². The zero-order valence-corrected chi connectivity index (χ0v) is 7.98. The number of alkyl halides is 3. The Kier molecular flexibility index (Phi) is 2.70. The minimum Gasteiger partial charge on any atom is -0.314 e. The van der Waals surface area contributed by atoms with E-state index in [4.69, 9.17) is 0 Å². The average molecular weight is 208 g/mol. The third-order valence-corrected chi connectivity index (χ3v) is 3.19. The molecule has 2 aliphatic rings. The van der Waals surface area contributed by atoms with Crippen molar-refractivity contribution in [1.82, 2.24) is 10.2 Å². The summed E-state index contributed by atoms with van der Waals surface area (Å²) in [4.78, 5) is 1.98. The van der Waals surface area contributed by atoms with Gasteiger partial charge < -0.3 is 5.32 Å². The average Bonchev–Trinajstić information content (AvgIpc) is 2.00. The molecule has 1 unspecified atom stereocenters. The van der Waals surface area contributed by atoms with Crippen LogP contribution in [-0.4, -0.2) is 43.3 Å². The molecule has 14 heavy (non-hydrogen) atoms. The standard InChI is InChI=1S/C9H15F3N2/c10-9(11,12)7-2-1-3-14(6-7)8-4-13-5-8/h7-8,13H,1-6H2. The smallest absolute Gasteiger partial charge is 0.314 e. The van der Waals surface area contributed by atoms with Gasteiger partial charge in [0.25, 0.3) is 0 Å². The lowest BCUT2D eigenvalue weighted by Gasteiger charge is -2.43. The SMILES string of the molecule is FC(F)(F)C1CCCN(C2CNC2)C1. The first-order valence-electron chi connectivity index (χ1n) is 5.09. The highest BCUT2D eigenvalue weighted by Crippen LogP contribution is 2.33. The predicted molar refractivity (Wildman–Crippen MR) is 47.0 cm³/mol. The van der Waals surface area contributed by atoms with Crippen molar-refractivity contribution in [3.63, 3.8) is 0 Å². The Morgan fingerprint density at radius 3 is 2.43 bits per heavy atom. The van der Waals surface area contributed by atoms with Gasteiger partial charge in [-0.05, 0) is 19.4 Å². The van der Waals surface area contributed by atoms with Gasteiger partial charge in [-0.2, -0.15) is 13.2 Å². The second-order valence-corrected chi connectivity index (χ2v) is 4.19. The van der Waals surface area contributed by atoms with E-state index in [1.165, 1.54) is 0 Å². The molecular weight excluding hydrogens is 193 g/mol. The van der Waals surface area contributed by atoms with Crippen LogP contribution in [0.4, 0.5) is 13.2 Å². The van der Waals surface area contributed by atoms with Crippen LogP contribution in [0.15, 0.2) is 0 Å². The van der Waals surface area contributed by atoms with Crippen molar-refractivity contribution in [2.45, 2.75) is 25.1 Å². The Morgan fingerprint density at radius 1 is 1.21 bits per heavy atom. The van der Waals surface area contributed by atoms with E-state index < -0.39 is 12.1 Å². The van der Waals surface area contributed by atoms with Gasteiger partial charge in [-0.25, -0.2) is 0 Å². The molecule has 82 valence electrons. The van der Waals surface area contributed by atoms with Gasteiger partial charge in [-0.15, -0.1) is 0 Å². The van der Waals surface area contributed by atoms with E-state index in [-0.39, 0.29) is 6.54 Å². The number of hydrogen-bond acceptors (Lipinski definition) is 2. The van der Waals surface area contributed by atoms with Crippen LogP contribution < -0.4 is 5.32 Å². The fourth-order valence-electron chi connectivity index (χ4n) is 2.14. The molecule has 2 heterocycles. The summed E-state index contributed by atoms with van der Waals surface area (Å²) in [5, 5.41) is 3.09. The van der Waals surface area contributed by atoms with E-state index in [2.05, 4.69) is 5.32 Å². The van der Waals surface area contributed by atoms with Crippen LogP contribution in [0, 0.1) is 5.92 Å². The van der Waals surface area contributed by atoms with E-state index in [1.807, 2.05) is 4.90 Å². The number of nitrogens with zero attached hydrogens (tertiary/aromatic N) is 1. The van der Waals surface area contributed by atoms with Crippen molar-refractivity contribution in [1.29, 1.82) is 0 Å². The van der Waals surface area contributed by atoms with Crippen molar-refractivity contribution in [3.05, 3.63) is 0 Å². The lowest BCUT2D eigenvalue weighted by Crippen LogP contribution is -2.60. The minimum atomic E-state index is -4.00. The highest BCUT2D eigenvalue weighted by atomic mass is 19.4. The quantitative estimate of drug-likeness (QED) is 0.697. The summed E-state index contributed by atoms with van der Waals surface area (Å²) in [5.41, 5.74) is 0. The Bertz CT molecular complexity index is 201. The van der Waals surface area contributed by atoms with Crippen LogP contribution in [-0.2, 0) is 0 Å². The summed E-state index contributed by atoms with van der Waals surface area (Å²) in [6, 6.07) is 0.347. The van der Waals surface area contributed by atoms with Crippen molar-refractivity contribution < 1.29 is 13.2 Å². The Morgan fingerprint density at radius 2 is 1.93 bits per heavy atom. The van der Waals surface area contributed by atoms with Gasteiger partial charge in [0.05, 0.1) is 5.92 Å². The molecule has 2 rings (SSSR count). The Hall–Kier alpha value is -0.290. The van der Waals surface area contributed by atoms with E-state index in [1.54, 1.807) is 0 Å². The number of piperidine rings is 1. The number of likely N-dealkylation sites (tertiary alicyclic amines) is 1. The first kappa shape index (κ1) is 10.2. The molecule has 0 aromatic heterocycles. The fraction of sp³-hybridized carbons (Fsp3) is 1.00. The molecule has 0 spiro atoms. The monoisotopic (exact) mass is 208 g/mol. The zero-order valence-electron chi connectivity index (χ0n) is 7.98. The molecule has 2 saturated heterocycles. The van der Waals surface area contributed by atoms with Gasteiger partial charge in [0.15, 0.2) is 0 Å². The molecule has 0 amide bonds. The summed E-state index contributed by atoms with van der Waals surface area (Å²) in [5.74, 6) is -1.10. The number of rotatable bonds is 1. The maximum absolute atomic E-state index is 12.5. The van der Waals surface area contributed by atoms with Crippen molar-refractivity contribution in [3.8, 4) is 0 Å². The second-order valence-electron chi connectivity index (χ2n) is 4.19. The first-order chi connectivity index (χ1) is 6.57. The summed E-state index contributed by atoms with van der Waals surface area (Å²) in [6.07, 6.45) is -3.02. The van der Waals surface area contributed by atoms with Gasteiger partial charge in [0, 0.05) is 25.7 Å². The number of halogens is 3. The van der Waals surface area contributed by atoms with Crippen LogP contribution in [0.2, 0.25) is 0 Å². The van der Waals surface area contributed by atoms with Gasteiger partial charge >= 0.3 is 6.18 Å². The molecule has 2 aliphatic heterocycles. The zero-order chi connectivity index (χ0) is 10.2. The van der Waals surface area contributed by atoms with Crippen molar-refractivity contribution >= 4 is 0 Å². The summed E-state index contributed by atoms with van der Waals surface area (Å²) >= 11 is 0. The molecule has 0 radical (unpaired) electrons. The van der Waals surface area contributed by atoms with Crippen molar-refractivity contribution in [2.24, 2.45) is 5.92 Å². The third-order valence-electron chi connectivity index (χ3n) is 3.19. The van der Waals surface area contributed by atoms with Crippen LogP contribution in [0.1, 0.15) is 12.8 Å². The van der Waals surface area contributed by atoms with Gasteiger partial charge in [-0.3, -0.25) is 4.90 Å². The molecule has 1 N–H and O–H groups in total. The molecule has 0 aromatic rings. The van der Waals surface area contributed by atoms with Crippen molar-refractivity contribution in [2.75, 3.05) is 26.2 Å². The predicted octanol–water partition coefficient (Wildman–Crippen LogP) is 1.23. The number of nitrogens with one attached hydrogen (secondary N) is 1. The second kappa shape index (κ2) is 3.70. The van der Waals surface area contributed by atoms with Gasteiger partial charge in [0.2, 0.25) is 0 Å². The molecule has 0 aromatic carbocycles. The van der Waals surface area contributed by atoms with Gasteiger partial charge in [0.1, 0.15) is 0 Å². The number of hydrogen-bond donors (Lipinski definition) is 1. The third kappa shape index (κ3) is 2.03. The Balaban J connectivity index is 1.90. The lowest BCUT2D eigenvalue weighted by molar-refractivity contribution is -0.189. The van der Waals surface area contributed by atoms with Crippen LogP contribution in [0.5, 0.6) is 0 Å². The lowest BCUT2D eigenvalue weighted by atomic mass is 9.95. The Labute approximate surface area is 81.5 Å².